The number of methoxy groups -OCH3 is 1. The van der Waals surface area contributed by atoms with Gasteiger partial charge in [0, 0.05) is 21.8 Å². The highest BCUT2D eigenvalue weighted by Crippen LogP contribution is 2.28. The van der Waals surface area contributed by atoms with E-state index in [9.17, 15) is 14.4 Å². The Kier molecular flexibility index (Phi) is 10.7. The lowest BCUT2D eigenvalue weighted by molar-refractivity contribution is -0.115. The summed E-state index contributed by atoms with van der Waals surface area (Å²) in [4.78, 5) is 39.6. The molecule has 7 nitrogen and oxygen atoms in total. The Hall–Kier alpha value is -4.24. The van der Waals surface area contributed by atoms with E-state index in [0.29, 0.717) is 38.3 Å². The molecule has 0 saturated heterocycles. The zero-order chi connectivity index (χ0) is 30.1. The molecule has 1 unspecified atom stereocenters. The molecule has 3 N–H and O–H groups in total. The van der Waals surface area contributed by atoms with Crippen LogP contribution in [0.25, 0.3) is 6.08 Å². The molecule has 4 aromatic rings. The Labute approximate surface area is 258 Å². The van der Waals surface area contributed by atoms with Crippen LogP contribution in [0.15, 0.2) is 108 Å². The summed E-state index contributed by atoms with van der Waals surface area (Å²) in [6.45, 7) is 1.79. The van der Waals surface area contributed by atoms with Crippen LogP contribution in [0, 0.1) is 0 Å². The smallest absolute Gasteiger partial charge is 0.272 e. The zero-order valence-corrected chi connectivity index (χ0v) is 25.0. The first-order chi connectivity index (χ1) is 20.2. The minimum Gasteiger partial charge on any atom is -0.497 e. The van der Waals surface area contributed by atoms with Crippen molar-refractivity contribution < 1.29 is 19.1 Å². The van der Waals surface area contributed by atoms with Crippen LogP contribution in [0.4, 0.5) is 11.4 Å². The van der Waals surface area contributed by atoms with E-state index in [1.807, 2.05) is 6.07 Å². The van der Waals surface area contributed by atoms with E-state index in [-0.39, 0.29) is 11.6 Å². The standard InChI is InChI=1S/C32H27Cl2N3O4S/c1-20(30(38)36-24-12-17-27(33)28(34)19-24)42-26-15-10-23(11-16-26)35-32(40)29(18-21-8-13-25(41-2)14-9-21)37-31(39)22-6-4-3-5-7-22/h3-20H,1-2H3,(H,35,40)(H,36,38)(H,37,39)/b29-18-. The number of benzene rings is 4. The molecular formula is C32H27Cl2N3O4S. The maximum atomic E-state index is 13.3. The Morgan fingerprint density at radius 3 is 2.12 bits per heavy atom. The SMILES string of the molecule is COc1ccc(/C=C(\NC(=O)c2ccccc2)C(=O)Nc2ccc(SC(C)C(=O)Nc3ccc(Cl)c(Cl)c3)cc2)cc1. The lowest BCUT2D eigenvalue weighted by Gasteiger charge is -2.14. The summed E-state index contributed by atoms with van der Waals surface area (Å²) in [5, 5.41) is 8.73. The summed E-state index contributed by atoms with van der Waals surface area (Å²) in [5.74, 6) is -0.431. The van der Waals surface area contributed by atoms with Crippen molar-refractivity contribution in [2.45, 2.75) is 17.1 Å². The van der Waals surface area contributed by atoms with Crippen molar-refractivity contribution in [3.8, 4) is 5.75 Å². The molecular weight excluding hydrogens is 593 g/mol. The number of amides is 3. The van der Waals surface area contributed by atoms with Gasteiger partial charge in [-0.15, -0.1) is 11.8 Å². The van der Waals surface area contributed by atoms with Crippen LogP contribution in [-0.4, -0.2) is 30.1 Å². The first kappa shape index (κ1) is 30.7. The van der Waals surface area contributed by atoms with Crippen LogP contribution in [0.2, 0.25) is 10.0 Å². The van der Waals surface area contributed by atoms with Crippen LogP contribution in [-0.2, 0) is 9.59 Å². The van der Waals surface area contributed by atoms with E-state index >= 15 is 0 Å². The second kappa shape index (κ2) is 14.6. The fourth-order valence-electron chi connectivity index (χ4n) is 3.70. The Morgan fingerprint density at radius 1 is 0.810 bits per heavy atom. The Balaban J connectivity index is 1.43. The average molecular weight is 621 g/mol. The first-order valence-electron chi connectivity index (χ1n) is 12.8. The third-order valence-corrected chi connectivity index (χ3v) is 7.79. The second-order valence-electron chi connectivity index (χ2n) is 9.01. The molecule has 0 aliphatic carbocycles. The number of ether oxygens (including phenoxy) is 1. The Morgan fingerprint density at radius 2 is 1.48 bits per heavy atom. The molecule has 0 spiro atoms. The van der Waals surface area contributed by atoms with Gasteiger partial charge < -0.3 is 20.7 Å². The fourth-order valence-corrected chi connectivity index (χ4v) is 4.87. The molecule has 0 heterocycles. The van der Waals surface area contributed by atoms with Crippen molar-refractivity contribution in [2.75, 3.05) is 17.7 Å². The monoisotopic (exact) mass is 619 g/mol. The summed E-state index contributed by atoms with van der Waals surface area (Å²) in [6, 6.07) is 27.7. The third kappa shape index (κ3) is 8.63. The van der Waals surface area contributed by atoms with E-state index in [1.54, 1.807) is 111 Å². The number of hydrogen-bond acceptors (Lipinski definition) is 5. The van der Waals surface area contributed by atoms with Crippen molar-refractivity contribution in [1.82, 2.24) is 5.32 Å². The van der Waals surface area contributed by atoms with Crippen LogP contribution >= 0.6 is 35.0 Å². The highest BCUT2D eigenvalue weighted by molar-refractivity contribution is 8.00. The molecule has 10 heteroatoms. The highest BCUT2D eigenvalue weighted by atomic mass is 35.5. The van der Waals surface area contributed by atoms with E-state index in [4.69, 9.17) is 27.9 Å². The summed E-state index contributed by atoms with van der Waals surface area (Å²) >= 11 is 13.3. The molecule has 42 heavy (non-hydrogen) atoms. The van der Waals surface area contributed by atoms with Gasteiger partial charge in [0.1, 0.15) is 11.4 Å². The highest BCUT2D eigenvalue weighted by Gasteiger charge is 2.17. The average Bonchev–Trinajstić information content (AvgIpc) is 3.00. The fraction of sp³-hybridized carbons (Fsp3) is 0.0938. The molecule has 4 rings (SSSR count). The van der Waals surface area contributed by atoms with Gasteiger partial charge in [0.05, 0.1) is 22.4 Å². The lowest BCUT2D eigenvalue weighted by atomic mass is 10.1. The van der Waals surface area contributed by atoms with Gasteiger partial charge >= 0.3 is 0 Å². The van der Waals surface area contributed by atoms with E-state index < -0.39 is 17.1 Å². The molecule has 0 saturated carbocycles. The van der Waals surface area contributed by atoms with E-state index in [0.717, 1.165) is 4.90 Å². The molecule has 0 aliphatic heterocycles. The number of nitrogens with one attached hydrogen (secondary N) is 3. The molecule has 0 aromatic heterocycles. The van der Waals surface area contributed by atoms with Gasteiger partial charge in [-0.2, -0.15) is 0 Å². The van der Waals surface area contributed by atoms with Crippen molar-refractivity contribution in [1.29, 1.82) is 0 Å². The third-order valence-electron chi connectivity index (χ3n) is 5.94. The Bertz CT molecular complexity index is 1590. The van der Waals surface area contributed by atoms with Crippen LogP contribution in [0.1, 0.15) is 22.8 Å². The molecule has 3 amide bonds. The molecule has 0 bridgehead atoms. The molecule has 0 radical (unpaired) electrons. The maximum Gasteiger partial charge on any atom is 0.272 e. The van der Waals surface area contributed by atoms with Gasteiger partial charge in [0.25, 0.3) is 11.8 Å². The number of carbonyl (C=O) groups is 3. The van der Waals surface area contributed by atoms with E-state index in [1.165, 1.54) is 11.8 Å². The number of carbonyl (C=O) groups excluding carboxylic acids is 3. The summed E-state index contributed by atoms with van der Waals surface area (Å²) in [7, 11) is 1.57. The van der Waals surface area contributed by atoms with Crippen molar-refractivity contribution in [3.63, 3.8) is 0 Å². The van der Waals surface area contributed by atoms with Gasteiger partial charge in [-0.3, -0.25) is 14.4 Å². The van der Waals surface area contributed by atoms with Gasteiger partial charge in [0.15, 0.2) is 0 Å². The largest absolute Gasteiger partial charge is 0.497 e. The van der Waals surface area contributed by atoms with Crippen molar-refractivity contribution in [2.24, 2.45) is 0 Å². The van der Waals surface area contributed by atoms with Gasteiger partial charge in [-0.25, -0.2) is 0 Å². The predicted molar refractivity (Wildman–Crippen MR) is 170 cm³/mol. The minimum atomic E-state index is -0.495. The number of halogens is 2. The minimum absolute atomic E-state index is 0.0695. The lowest BCUT2D eigenvalue weighted by Crippen LogP contribution is -2.30. The summed E-state index contributed by atoms with van der Waals surface area (Å²) in [5.41, 5.74) is 2.27. The number of thioether (sulfide) groups is 1. The summed E-state index contributed by atoms with van der Waals surface area (Å²) < 4.78 is 5.20. The first-order valence-corrected chi connectivity index (χ1v) is 14.4. The normalized spacial score (nSPS) is 11.8. The molecule has 4 aromatic carbocycles. The van der Waals surface area contributed by atoms with Crippen LogP contribution < -0.4 is 20.7 Å². The van der Waals surface area contributed by atoms with Gasteiger partial charge in [-0.1, -0.05) is 53.5 Å². The van der Waals surface area contributed by atoms with Gasteiger partial charge in [0.2, 0.25) is 5.91 Å². The molecule has 0 fully saturated rings. The number of rotatable bonds is 10. The summed E-state index contributed by atoms with van der Waals surface area (Å²) in [6.07, 6.45) is 1.59. The van der Waals surface area contributed by atoms with Gasteiger partial charge in [-0.05, 0) is 85.3 Å². The topological polar surface area (TPSA) is 96.5 Å². The maximum absolute atomic E-state index is 13.3. The second-order valence-corrected chi connectivity index (χ2v) is 11.2. The van der Waals surface area contributed by atoms with Crippen molar-refractivity contribution >= 4 is 70.1 Å². The molecule has 1 atom stereocenters. The predicted octanol–water partition coefficient (Wildman–Crippen LogP) is 7.53. The number of hydrogen-bond donors (Lipinski definition) is 3. The number of anilines is 2. The molecule has 0 aliphatic rings. The van der Waals surface area contributed by atoms with Crippen molar-refractivity contribution in [3.05, 3.63) is 124 Å². The van der Waals surface area contributed by atoms with Crippen LogP contribution in [0.3, 0.4) is 0 Å². The quantitative estimate of drug-likeness (QED) is 0.126. The van der Waals surface area contributed by atoms with E-state index in [2.05, 4.69) is 16.0 Å². The van der Waals surface area contributed by atoms with Crippen LogP contribution in [0.5, 0.6) is 5.75 Å². The molecule has 214 valence electrons. The zero-order valence-electron chi connectivity index (χ0n) is 22.7.